The van der Waals surface area contributed by atoms with E-state index in [1.54, 1.807) is 7.11 Å². The molecule has 0 N–H and O–H groups in total. The van der Waals surface area contributed by atoms with Crippen LogP contribution in [0.2, 0.25) is 0 Å². The minimum Gasteiger partial charge on any atom is -0.497 e. The van der Waals surface area contributed by atoms with E-state index < -0.39 is 0 Å². The normalized spacial score (nSPS) is 21.7. The van der Waals surface area contributed by atoms with Crippen LogP contribution in [0.4, 0.5) is 0 Å². The van der Waals surface area contributed by atoms with Gasteiger partial charge in [0.05, 0.1) is 13.2 Å². The molecule has 0 aromatic heterocycles. The molecular weight excluding hydrogens is 282 g/mol. The van der Waals surface area contributed by atoms with Crippen LogP contribution in [0.25, 0.3) is 0 Å². The zero-order chi connectivity index (χ0) is 12.4. The summed E-state index contributed by atoms with van der Waals surface area (Å²) in [7, 11) is 1.65. The summed E-state index contributed by atoms with van der Waals surface area (Å²) < 4.78 is 5.12. The van der Waals surface area contributed by atoms with E-state index >= 15 is 0 Å². The average Bonchev–Trinajstić information content (AvgIpc) is 2.68. The minimum atomic E-state index is 0.121. The van der Waals surface area contributed by atoms with Crippen molar-refractivity contribution in [3.05, 3.63) is 29.8 Å². The van der Waals surface area contributed by atoms with E-state index in [0.717, 1.165) is 17.9 Å². The van der Waals surface area contributed by atoms with E-state index in [0.29, 0.717) is 6.42 Å². The zero-order valence-electron chi connectivity index (χ0n) is 10.0. The molecule has 17 heavy (non-hydrogen) atoms. The van der Waals surface area contributed by atoms with Crippen LogP contribution in [-0.4, -0.2) is 29.3 Å². The second-order valence-corrected chi connectivity index (χ2v) is 5.59. The van der Waals surface area contributed by atoms with Crippen molar-refractivity contribution >= 4 is 21.8 Å². The number of ether oxygens (including phenoxy) is 1. The van der Waals surface area contributed by atoms with Crippen molar-refractivity contribution in [1.29, 1.82) is 0 Å². The van der Waals surface area contributed by atoms with Crippen LogP contribution in [0.5, 0.6) is 5.75 Å². The minimum absolute atomic E-state index is 0.121. The number of likely N-dealkylation sites (tertiary alicyclic amines) is 1. The number of halogens is 1. The van der Waals surface area contributed by atoms with Crippen molar-refractivity contribution in [3.63, 3.8) is 0 Å². The van der Waals surface area contributed by atoms with E-state index in [1.807, 2.05) is 29.2 Å². The molecule has 1 aliphatic rings. The quantitative estimate of drug-likeness (QED) is 0.803. The number of carbonyl (C=O) groups is 1. The van der Waals surface area contributed by atoms with Gasteiger partial charge in [0.25, 0.3) is 0 Å². The van der Waals surface area contributed by atoms with Crippen LogP contribution in [-0.2, 0) is 4.79 Å². The molecule has 92 valence electrons. The van der Waals surface area contributed by atoms with Gasteiger partial charge in [-0.2, -0.15) is 0 Å². The predicted octanol–water partition coefficient (Wildman–Crippen LogP) is 2.75. The Labute approximate surface area is 110 Å². The molecule has 2 unspecified atom stereocenters. The molecular formula is C13H16BrNO2. The lowest BCUT2D eigenvalue weighted by molar-refractivity contribution is -0.129. The molecule has 0 spiro atoms. The molecule has 2 rings (SSSR count). The van der Waals surface area contributed by atoms with E-state index in [1.165, 1.54) is 0 Å². The molecule has 0 aliphatic carbocycles. The molecule has 1 aromatic rings. The Morgan fingerprint density at radius 3 is 2.53 bits per heavy atom. The summed E-state index contributed by atoms with van der Waals surface area (Å²) in [6.45, 7) is 2.84. The highest BCUT2D eigenvalue weighted by atomic mass is 79.9. The molecule has 1 amide bonds. The Hall–Kier alpha value is -1.03. The van der Waals surface area contributed by atoms with Gasteiger partial charge in [0.2, 0.25) is 5.91 Å². The number of rotatable bonds is 3. The molecule has 1 aliphatic heterocycles. The molecule has 1 aromatic carbocycles. The first kappa shape index (κ1) is 12.4. The van der Waals surface area contributed by atoms with Crippen molar-refractivity contribution in [2.75, 3.05) is 13.7 Å². The number of benzene rings is 1. The molecule has 2 atom stereocenters. The van der Waals surface area contributed by atoms with Crippen LogP contribution in [0.15, 0.2) is 24.3 Å². The van der Waals surface area contributed by atoms with Crippen LogP contribution < -0.4 is 4.74 Å². The summed E-state index contributed by atoms with van der Waals surface area (Å²) >= 11 is 3.50. The molecule has 0 saturated carbocycles. The topological polar surface area (TPSA) is 29.5 Å². The maximum Gasteiger partial charge on any atom is 0.224 e. The van der Waals surface area contributed by atoms with Gasteiger partial charge < -0.3 is 9.64 Å². The summed E-state index contributed by atoms with van der Waals surface area (Å²) in [6.07, 6.45) is 0.598. The summed E-state index contributed by atoms with van der Waals surface area (Å²) in [6, 6.07) is 8.00. The molecule has 0 bridgehead atoms. The highest BCUT2D eigenvalue weighted by molar-refractivity contribution is 9.09. The van der Waals surface area contributed by atoms with Crippen LogP contribution in [0.1, 0.15) is 24.9 Å². The number of nitrogens with zero attached hydrogens (tertiary/aromatic N) is 1. The number of amides is 1. The third-order valence-corrected chi connectivity index (χ3v) is 3.79. The third-order valence-electron chi connectivity index (χ3n) is 3.18. The van der Waals surface area contributed by atoms with Gasteiger partial charge in [-0.1, -0.05) is 28.1 Å². The van der Waals surface area contributed by atoms with Crippen molar-refractivity contribution in [2.24, 2.45) is 0 Å². The Balaban J connectivity index is 2.13. The van der Waals surface area contributed by atoms with E-state index in [-0.39, 0.29) is 16.8 Å². The Bertz CT molecular complexity index is 404. The number of hydrogen-bond donors (Lipinski definition) is 0. The lowest BCUT2D eigenvalue weighted by atomic mass is 10.1. The van der Waals surface area contributed by atoms with Gasteiger partial charge in [0, 0.05) is 17.8 Å². The molecule has 1 saturated heterocycles. The average molecular weight is 298 g/mol. The van der Waals surface area contributed by atoms with E-state index in [4.69, 9.17) is 4.74 Å². The van der Waals surface area contributed by atoms with Gasteiger partial charge in [-0.05, 0) is 24.6 Å². The lowest BCUT2D eigenvalue weighted by Crippen LogP contribution is -2.28. The van der Waals surface area contributed by atoms with Crippen molar-refractivity contribution < 1.29 is 9.53 Å². The fourth-order valence-electron chi connectivity index (χ4n) is 2.12. The van der Waals surface area contributed by atoms with Crippen LogP contribution in [0.3, 0.4) is 0 Å². The SMILES string of the molecule is COc1ccc(C(C)N2CC(Br)CC2=O)cc1. The maximum atomic E-state index is 11.8. The first-order valence-electron chi connectivity index (χ1n) is 5.69. The van der Waals surface area contributed by atoms with E-state index in [9.17, 15) is 4.79 Å². The smallest absolute Gasteiger partial charge is 0.224 e. The largest absolute Gasteiger partial charge is 0.497 e. The highest BCUT2D eigenvalue weighted by Crippen LogP contribution is 2.29. The summed E-state index contributed by atoms with van der Waals surface area (Å²) in [5.41, 5.74) is 1.14. The number of carbonyl (C=O) groups excluding carboxylic acids is 1. The first-order chi connectivity index (χ1) is 8.11. The Kier molecular flexibility index (Phi) is 3.72. The standard InChI is InChI=1S/C13H16BrNO2/c1-9(15-8-11(14)7-13(15)16)10-3-5-12(17-2)6-4-10/h3-6,9,11H,7-8H2,1-2H3. The summed E-state index contributed by atoms with van der Waals surface area (Å²) in [4.78, 5) is 14.0. The molecule has 1 fully saturated rings. The highest BCUT2D eigenvalue weighted by Gasteiger charge is 2.31. The summed E-state index contributed by atoms with van der Waals surface area (Å²) in [5.74, 6) is 1.06. The van der Waals surface area contributed by atoms with Gasteiger partial charge in [-0.3, -0.25) is 4.79 Å². The zero-order valence-corrected chi connectivity index (χ0v) is 11.6. The van der Waals surface area contributed by atoms with Gasteiger partial charge in [0.1, 0.15) is 5.75 Å². The van der Waals surface area contributed by atoms with Crippen molar-refractivity contribution in [2.45, 2.75) is 24.2 Å². The molecule has 1 heterocycles. The number of alkyl halides is 1. The predicted molar refractivity (Wildman–Crippen MR) is 70.5 cm³/mol. The van der Waals surface area contributed by atoms with Gasteiger partial charge in [-0.15, -0.1) is 0 Å². The molecule has 3 nitrogen and oxygen atoms in total. The van der Waals surface area contributed by atoms with Crippen LogP contribution >= 0.6 is 15.9 Å². The van der Waals surface area contributed by atoms with Gasteiger partial charge in [0.15, 0.2) is 0 Å². The summed E-state index contributed by atoms with van der Waals surface area (Å²) in [5, 5.41) is 0. The number of methoxy groups -OCH3 is 1. The van der Waals surface area contributed by atoms with Gasteiger partial charge >= 0.3 is 0 Å². The molecule has 0 radical (unpaired) electrons. The third kappa shape index (κ3) is 2.63. The first-order valence-corrected chi connectivity index (χ1v) is 6.61. The Morgan fingerprint density at radius 1 is 1.41 bits per heavy atom. The second kappa shape index (κ2) is 5.08. The fourth-order valence-corrected chi connectivity index (χ4v) is 2.71. The lowest BCUT2D eigenvalue weighted by Gasteiger charge is -2.24. The van der Waals surface area contributed by atoms with E-state index in [2.05, 4.69) is 22.9 Å². The Morgan fingerprint density at radius 2 is 2.06 bits per heavy atom. The van der Waals surface area contributed by atoms with Gasteiger partial charge in [-0.25, -0.2) is 0 Å². The second-order valence-electron chi connectivity index (χ2n) is 4.30. The monoisotopic (exact) mass is 297 g/mol. The molecule has 4 heteroatoms. The van der Waals surface area contributed by atoms with Crippen molar-refractivity contribution in [3.8, 4) is 5.75 Å². The van der Waals surface area contributed by atoms with Crippen molar-refractivity contribution in [1.82, 2.24) is 4.90 Å². The number of hydrogen-bond acceptors (Lipinski definition) is 2. The fraction of sp³-hybridized carbons (Fsp3) is 0.462. The maximum absolute atomic E-state index is 11.8. The van der Waals surface area contributed by atoms with Crippen LogP contribution in [0, 0.1) is 0 Å².